The first-order valence-corrected chi connectivity index (χ1v) is 7.64. The number of sulfonamides is 1. The van der Waals surface area contributed by atoms with E-state index in [9.17, 15) is 8.42 Å². The standard InChI is InChI=1S/C12H9BrN4O2S/c13-8-3-4-10(9(15)6-8)17-20(18,19)12-2-1-5-16-11(12)7-14/h1-6,17H,15H2. The first kappa shape index (κ1) is 14.3. The second kappa shape index (κ2) is 5.48. The maximum Gasteiger partial charge on any atom is 0.264 e. The molecule has 102 valence electrons. The maximum absolute atomic E-state index is 12.2. The van der Waals surface area contributed by atoms with E-state index in [0.29, 0.717) is 0 Å². The summed E-state index contributed by atoms with van der Waals surface area (Å²) in [6.07, 6.45) is 1.35. The van der Waals surface area contributed by atoms with Crippen LogP contribution < -0.4 is 10.5 Å². The molecule has 0 bridgehead atoms. The molecule has 0 fully saturated rings. The van der Waals surface area contributed by atoms with Crippen molar-refractivity contribution in [1.82, 2.24) is 4.98 Å². The summed E-state index contributed by atoms with van der Waals surface area (Å²) in [5, 5.41) is 8.90. The van der Waals surface area contributed by atoms with Gasteiger partial charge >= 0.3 is 0 Å². The highest BCUT2D eigenvalue weighted by Gasteiger charge is 2.20. The molecule has 2 aromatic rings. The van der Waals surface area contributed by atoms with Gasteiger partial charge < -0.3 is 5.73 Å². The van der Waals surface area contributed by atoms with Crippen LogP contribution in [0.3, 0.4) is 0 Å². The fourth-order valence-electron chi connectivity index (χ4n) is 1.52. The number of nitrogen functional groups attached to an aromatic ring is 1. The molecule has 0 spiro atoms. The Morgan fingerprint density at radius 2 is 2.10 bits per heavy atom. The van der Waals surface area contributed by atoms with Gasteiger partial charge in [0.2, 0.25) is 0 Å². The van der Waals surface area contributed by atoms with Crippen LogP contribution in [0.25, 0.3) is 0 Å². The minimum Gasteiger partial charge on any atom is -0.397 e. The van der Waals surface area contributed by atoms with Crippen molar-refractivity contribution in [3.05, 3.63) is 46.7 Å². The van der Waals surface area contributed by atoms with Gasteiger partial charge in [0, 0.05) is 10.7 Å². The van der Waals surface area contributed by atoms with Gasteiger partial charge in [0.15, 0.2) is 5.69 Å². The zero-order valence-electron chi connectivity index (χ0n) is 10.0. The number of benzene rings is 1. The van der Waals surface area contributed by atoms with E-state index < -0.39 is 10.0 Å². The van der Waals surface area contributed by atoms with E-state index in [0.717, 1.165) is 4.47 Å². The van der Waals surface area contributed by atoms with E-state index in [-0.39, 0.29) is 22.0 Å². The second-order valence-corrected chi connectivity index (χ2v) is 6.37. The molecule has 6 nitrogen and oxygen atoms in total. The van der Waals surface area contributed by atoms with Gasteiger partial charge in [-0.1, -0.05) is 15.9 Å². The molecule has 0 aliphatic heterocycles. The van der Waals surface area contributed by atoms with Crippen LogP contribution in [0.15, 0.2) is 45.9 Å². The smallest absolute Gasteiger partial charge is 0.264 e. The number of pyridine rings is 1. The van der Waals surface area contributed by atoms with Crippen molar-refractivity contribution in [2.45, 2.75) is 4.90 Å². The predicted molar refractivity (Wildman–Crippen MR) is 78.3 cm³/mol. The normalized spacial score (nSPS) is 10.8. The topological polar surface area (TPSA) is 109 Å². The van der Waals surface area contributed by atoms with Crippen LogP contribution in [0.1, 0.15) is 5.69 Å². The van der Waals surface area contributed by atoms with E-state index in [1.165, 1.54) is 24.4 Å². The summed E-state index contributed by atoms with van der Waals surface area (Å²) in [6, 6.07) is 9.25. The van der Waals surface area contributed by atoms with Gasteiger partial charge in [-0.2, -0.15) is 5.26 Å². The molecule has 0 atom stereocenters. The Balaban J connectivity index is 2.44. The fraction of sp³-hybridized carbons (Fsp3) is 0. The molecular weight excluding hydrogens is 344 g/mol. The summed E-state index contributed by atoms with van der Waals surface area (Å²) in [6.45, 7) is 0. The predicted octanol–water partition coefficient (Wildman–Crippen LogP) is 2.10. The number of anilines is 2. The summed E-state index contributed by atoms with van der Waals surface area (Å²) in [4.78, 5) is 3.53. The van der Waals surface area contributed by atoms with Crippen LogP contribution in [0.5, 0.6) is 0 Å². The number of aromatic nitrogens is 1. The van der Waals surface area contributed by atoms with Crippen LogP contribution in [-0.2, 0) is 10.0 Å². The Morgan fingerprint density at radius 3 is 2.75 bits per heavy atom. The van der Waals surface area contributed by atoms with Crippen molar-refractivity contribution >= 4 is 37.3 Å². The molecule has 0 aliphatic carbocycles. The van der Waals surface area contributed by atoms with Gasteiger partial charge in [0.1, 0.15) is 11.0 Å². The molecule has 1 heterocycles. The lowest BCUT2D eigenvalue weighted by atomic mass is 10.3. The Bertz CT molecular complexity index is 799. The van der Waals surface area contributed by atoms with Crippen molar-refractivity contribution < 1.29 is 8.42 Å². The lowest BCUT2D eigenvalue weighted by Crippen LogP contribution is -2.16. The summed E-state index contributed by atoms with van der Waals surface area (Å²) >= 11 is 3.23. The van der Waals surface area contributed by atoms with Crippen molar-refractivity contribution in [1.29, 1.82) is 5.26 Å². The van der Waals surface area contributed by atoms with E-state index >= 15 is 0 Å². The number of hydrogen-bond donors (Lipinski definition) is 2. The minimum absolute atomic E-state index is 0.171. The number of hydrogen-bond acceptors (Lipinski definition) is 5. The highest BCUT2D eigenvalue weighted by atomic mass is 79.9. The van der Waals surface area contributed by atoms with Gasteiger partial charge in [-0.05, 0) is 30.3 Å². The molecule has 0 aliphatic rings. The SMILES string of the molecule is N#Cc1ncccc1S(=O)(=O)Nc1ccc(Br)cc1N. The average molecular weight is 353 g/mol. The van der Waals surface area contributed by atoms with Gasteiger partial charge in [-0.25, -0.2) is 13.4 Å². The number of nitrogens with two attached hydrogens (primary N) is 1. The Kier molecular flexibility index (Phi) is 3.92. The minimum atomic E-state index is -3.92. The number of rotatable bonds is 3. The van der Waals surface area contributed by atoms with E-state index in [1.54, 1.807) is 18.2 Å². The summed E-state index contributed by atoms with van der Waals surface area (Å²) in [5.41, 5.74) is 6.07. The van der Waals surface area contributed by atoms with Crippen molar-refractivity contribution in [2.75, 3.05) is 10.5 Å². The van der Waals surface area contributed by atoms with Gasteiger partial charge in [0.25, 0.3) is 10.0 Å². The molecule has 8 heteroatoms. The monoisotopic (exact) mass is 352 g/mol. The van der Waals surface area contributed by atoms with Crippen LogP contribution in [-0.4, -0.2) is 13.4 Å². The van der Waals surface area contributed by atoms with Gasteiger partial charge in [-0.15, -0.1) is 0 Å². The highest BCUT2D eigenvalue weighted by molar-refractivity contribution is 9.10. The zero-order valence-corrected chi connectivity index (χ0v) is 12.4. The van der Waals surface area contributed by atoms with Gasteiger partial charge in [0.05, 0.1) is 11.4 Å². The Hall–Kier alpha value is -2.11. The van der Waals surface area contributed by atoms with Gasteiger partial charge in [-0.3, -0.25) is 4.72 Å². The average Bonchev–Trinajstić information content (AvgIpc) is 2.42. The first-order valence-electron chi connectivity index (χ1n) is 5.37. The molecule has 0 radical (unpaired) electrons. The summed E-state index contributed by atoms with van der Waals surface area (Å²) in [5.74, 6) is 0. The molecule has 0 unspecified atom stereocenters. The Labute approximate surface area is 124 Å². The van der Waals surface area contributed by atoms with E-state index in [4.69, 9.17) is 11.0 Å². The lowest BCUT2D eigenvalue weighted by Gasteiger charge is -2.11. The fourth-order valence-corrected chi connectivity index (χ4v) is 3.09. The quantitative estimate of drug-likeness (QED) is 0.822. The second-order valence-electron chi connectivity index (χ2n) is 3.80. The van der Waals surface area contributed by atoms with Crippen molar-refractivity contribution in [3.63, 3.8) is 0 Å². The summed E-state index contributed by atoms with van der Waals surface area (Å²) < 4.78 is 27.6. The molecule has 3 N–H and O–H groups in total. The molecular formula is C12H9BrN4O2S. The van der Waals surface area contributed by atoms with Crippen molar-refractivity contribution in [2.24, 2.45) is 0 Å². The third-order valence-electron chi connectivity index (χ3n) is 2.42. The third-order valence-corrected chi connectivity index (χ3v) is 4.31. The highest BCUT2D eigenvalue weighted by Crippen LogP contribution is 2.26. The van der Waals surface area contributed by atoms with E-state index in [2.05, 4.69) is 25.6 Å². The molecule has 0 saturated carbocycles. The van der Waals surface area contributed by atoms with Crippen LogP contribution in [0.4, 0.5) is 11.4 Å². The largest absolute Gasteiger partial charge is 0.397 e. The van der Waals surface area contributed by atoms with E-state index in [1.807, 2.05) is 0 Å². The Morgan fingerprint density at radius 1 is 1.35 bits per heavy atom. The number of halogens is 1. The number of nitriles is 1. The van der Waals surface area contributed by atoms with Crippen molar-refractivity contribution in [3.8, 4) is 6.07 Å². The lowest BCUT2D eigenvalue weighted by molar-refractivity contribution is 0.600. The van der Waals surface area contributed by atoms with Crippen LogP contribution in [0, 0.1) is 11.3 Å². The molecule has 0 amide bonds. The maximum atomic E-state index is 12.2. The molecule has 20 heavy (non-hydrogen) atoms. The van der Waals surface area contributed by atoms with Crippen LogP contribution in [0.2, 0.25) is 0 Å². The molecule has 1 aromatic heterocycles. The first-order chi connectivity index (χ1) is 9.44. The molecule has 1 aromatic carbocycles. The molecule has 0 saturated heterocycles. The zero-order chi connectivity index (χ0) is 14.8. The van der Waals surface area contributed by atoms with Crippen LogP contribution >= 0.6 is 15.9 Å². The third kappa shape index (κ3) is 2.89. The molecule has 2 rings (SSSR count). The number of nitrogens with one attached hydrogen (secondary N) is 1. The number of nitrogens with zero attached hydrogens (tertiary/aromatic N) is 2. The summed E-state index contributed by atoms with van der Waals surface area (Å²) in [7, 11) is -3.92.